The van der Waals surface area contributed by atoms with Crippen LogP contribution in [-0.4, -0.2) is 30.6 Å². The molecule has 0 unspecified atom stereocenters. The zero-order valence-electron chi connectivity index (χ0n) is 11.9. The Hall–Kier alpha value is -1.10. The molecule has 0 saturated heterocycles. The molecule has 1 aliphatic rings. The van der Waals surface area contributed by atoms with Gasteiger partial charge in [-0.25, -0.2) is 4.98 Å². The number of nitrogens with one attached hydrogen (secondary N) is 2. The molecule has 0 bridgehead atoms. The Balaban J connectivity index is 1.63. The first kappa shape index (κ1) is 14.3. The Bertz CT molecular complexity index is 407. The zero-order chi connectivity index (χ0) is 13.5. The molecule has 1 aromatic rings. The highest BCUT2D eigenvalue weighted by molar-refractivity contribution is 7.09. The summed E-state index contributed by atoms with van der Waals surface area (Å²) in [6.07, 6.45) is 7.39. The Morgan fingerprint density at radius 3 is 2.89 bits per heavy atom. The van der Waals surface area contributed by atoms with E-state index >= 15 is 0 Å². The molecule has 0 aliphatic heterocycles. The first-order chi connectivity index (χ1) is 9.28. The molecule has 2 rings (SSSR count). The normalized spacial score (nSPS) is 16.8. The topological polar surface area (TPSA) is 49.3 Å². The third kappa shape index (κ3) is 4.82. The summed E-state index contributed by atoms with van der Waals surface area (Å²) in [5.41, 5.74) is 1.13. The van der Waals surface area contributed by atoms with Crippen LogP contribution in [-0.2, 0) is 6.42 Å². The third-order valence-electron chi connectivity index (χ3n) is 3.45. The van der Waals surface area contributed by atoms with Crippen molar-refractivity contribution < 1.29 is 0 Å². The van der Waals surface area contributed by atoms with E-state index < -0.39 is 0 Å². The average molecular weight is 280 g/mol. The van der Waals surface area contributed by atoms with E-state index in [0.29, 0.717) is 6.04 Å². The quantitative estimate of drug-likeness (QED) is 0.495. The highest BCUT2D eigenvalue weighted by atomic mass is 32.1. The molecule has 1 fully saturated rings. The van der Waals surface area contributed by atoms with Crippen molar-refractivity contribution in [3.05, 3.63) is 16.1 Å². The van der Waals surface area contributed by atoms with Gasteiger partial charge in [0.2, 0.25) is 0 Å². The summed E-state index contributed by atoms with van der Waals surface area (Å²) in [5.74, 6) is 0.946. The highest BCUT2D eigenvalue weighted by Crippen LogP contribution is 2.17. The van der Waals surface area contributed by atoms with Gasteiger partial charge >= 0.3 is 0 Å². The van der Waals surface area contributed by atoms with Crippen LogP contribution in [0.5, 0.6) is 0 Å². The fraction of sp³-hybridized carbons (Fsp3) is 0.714. The van der Waals surface area contributed by atoms with E-state index in [1.807, 2.05) is 14.0 Å². The van der Waals surface area contributed by atoms with E-state index in [2.05, 4.69) is 26.0 Å². The van der Waals surface area contributed by atoms with Crippen molar-refractivity contribution in [2.75, 3.05) is 13.6 Å². The number of guanidine groups is 1. The van der Waals surface area contributed by atoms with E-state index in [4.69, 9.17) is 0 Å². The van der Waals surface area contributed by atoms with Gasteiger partial charge in [0.25, 0.3) is 0 Å². The van der Waals surface area contributed by atoms with Crippen molar-refractivity contribution in [2.45, 2.75) is 51.5 Å². The van der Waals surface area contributed by atoms with Gasteiger partial charge in [-0.3, -0.25) is 4.99 Å². The Morgan fingerprint density at radius 1 is 1.47 bits per heavy atom. The smallest absolute Gasteiger partial charge is 0.191 e. The van der Waals surface area contributed by atoms with Crippen LogP contribution >= 0.6 is 11.3 Å². The predicted molar refractivity (Wildman–Crippen MR) is 81.9 cm³/mol. The van der Waals surface area contributed by atoms with Gasteiger partial charge in [0.15, 0.2) is 5.96 Å². The molecule has 1 aromatic heterocycles. The molecule has 1 saturated carbocycles. The molecule has 19 heavy (non-hydrogen) atoms. The lowest BCUT2D eigenvalue weighted by Crippen LogP contribution is -2.42. The Kier molecular flexibility index (Phi) is 5.63. The van der Waals surface area contributed by atoms with Gasteiger partial charge in [-0.05, 0) is 26.2 Å². The summed E-state index contributed by atoms with van der Waals surface area (Å²) < 4.78 is 0. The summed E-state index contributed by atoms with van der Waals surface area (Å²) >= 11 is 1.76. The van der Waals surface area contributed by atoms with Gasteiger partial charge in [0.05, 0.1) is 5.01 Å². The maximum Gasteiger partial charge on any atom is 0.191 e. The van der Waals surface area contributed by atoms with Crippen LogP contribution < -0.4 is 10.6 Å². The number of rotatable bonds is 5. The minimum absolute atomic E-state index is 0.618. The van der Waals surface area contributed by atoms with Crippen LogP contribution in [0.15, 0.2) is 10.4 Å². The molecule has 1 heterocycles. The molecule has 106 valence electrons. The maximum absolute atomic E-state index is 4.48. The van der Waals surface area contributed by atoms with Crippen molar-refractivity contribution in [3.8, 4) is 0 Å². The number of aromatic nitrogens is 1. The van der Waals surface area contributed by atoms with Crippen LogP contribution in [0.2, 0.25) is 0 Å². The molecule has 0 atom stereocenters. The maximum atomic E-state index is 4.48. The summed E-state index contributed by atoms with van der Waals surface area (Å²) in [6, 6.07) is 0.618. The van der Waals surface area contributed by atoms with Crippen molar-refractivity contribution in [3.63, 3.8) is 0 Å². The van der Waals surface area contributed by atoms with Crippen molar-refractivity contribution in [1.82, 2.24) is 15.6 Å². The molecular weight excluding hydrogens is 256 g/mol. The van der Waals surface area contributed by atoms with E-state index in [9.17, 15) is 0 Å². The molecule has 1 aliphatic carbocycles. The number of aliphatic imine (C=N–C) groups is 1. The Morgan fingerprint density at radius 2 is 2.26 bits per heavy atom. The predicted octanol–water partition coefficient (Wildman–Crippen LogP) is 2.49. The number of thiazole rings is 1. The molecule has 0 aromatic carbocycles. The lowest BCUT2D eigenvalue weighted by atomic mass is 10.2. The first-order valence-corrected chi connectivity index (χ1v) is 8.04. The third-order valence-corrected chi connectivity index (χ3v) is 4.47. The summed E-state index contributed by atoms with van der Waals surface area (Å²) in [4.78, 5) is 8.76. The molecule has 5 heteroatoms. The minimum atomic E-state index is 0.618. The van der Waals surface area contributed by atoms with Gasteiger partial charge in [0.1, 0.15) is 0 Å². The number of aryl methyl sites for hydroxylation is 2. The largest absolute Gasteiger partial charge is 0.356 e. The van der Waals surface area contributed by atoms with Crippen LogP contribution in [0.4, 0.5) is 0 Å². The van der Waals surface area contributed by atoms with Crippen molar-refractivity contribution in [2.24, 2.45) is 4.99 Å². The molecule has 2 N–H and O–H groups in total. The molecule has 0 radical (unpaired) electrons. The lowest BCUT2D eigenvalue weighted by molar-refractivity contribution is 0.610. The van der Waals surface area contributed by atoms with Gasteiger partial charge in [-0.1, -0.05) is 12.8 Å². The second kappa shape index (κ2) is 7.48. The van der Waals surface area contributed by atoms with Gasteiger partial charge in [0, 0.05) is 37.1 Å². The summed E-state index contributed by atoms with van der Waals surface area (Å²) in [5, 5.41) is 10.2. The molecular formula is C14H24N4S. The fourth-order valence-electron chi connectivity index (χ4n) is 2.42. The molecule has 0 amide bonds. The van der Waals surface area contributed by atoms with Gasteiger partial charge < -0.3 is 10.6 Å². The van der Waals surface area contributed by atoms with Crippen molar-refractivity contribution >= 4 is 17.3 Å². The first-order valence-electron chi connectivity index (χ1n) is 7.16. The lowest BCUT2D eigenvalue weighted by Gasteiger charge is -2.16. The number of hydrogen-bond donors (Lipinski definition) is 2. The van der Waals surface area contributed by atoms with Crippen LogP contribution in [0, 0.1) is 6.92 Å². The van der Waals surface area contributed by atoms with E-state index in [-0.39, 0.29) is 0 Å². The number of nitrogens with zero attached hydrogens (tertiary/aromatic N) is 2. The molecule has 4 nitrogen and oxygen atoms in total. The fourth-order valence-corrected chi connectivity index (χ4v) is 3.24. The second-order valence-corrected chi connectivity index (χ2v) is 6.05. The van der Waals surface area contributed by atoms with Gasteiger partial charge in [-0.15, -0.1) is 11.3 Å². The Labute approximate surface area is 119 Å². The van der Waals surface area contributed by atoms with E-state index in [1.165, 1.54) is 30.7 Å². The van der Waals surface area contributed by atoms with Gasteiger partial charge in [-0.2, -0.15) is 0 Å². The van der Waals surface area contributed by atoms with Crippen LogP contribution in [0.3, 0.4) is 0 Å². The van der Waals surface area contributed by atoms with E-state index in [1.54, 1.807) is 11.3 Å². The standard InChI is InChI=1S/C14H24N4S/c1-11-10-19-13(17-11)8-5-9-16-14(15-2)18-12-6-3-4-7-12/h10,12H,3-9H2,1-2H3,(H2,15,16,18). The van der Waals surface area contributed by atoms with E-state index in [0.717, 1.165) is 31.0 Å². The minimum Gasteiger partial charge on any atom is -0.356 e. The SMILES string of the molecule is CN=C(NCCCc1nc(C)cs1)NC1CCCC1. The summed E-state index contributed by atoms with van der Waals surface area (Å²) in [7, 11) is 1.84. The average Bonchev–Trinajstić information content (AvgIpc) is 3.05. The second-order valence-electron chi connectivity index (χ2n) is 5.11. The zero-order valence-corrected chi connectivity index (χ0v) is 12.7. The summed E-state index contributed by atoms with van der Waals surface area (Å²) in [6.45, 7) is 3.00. The number of hydrogen-bond acceptors (Lipinski definition) is 3. The van der Waals surface area contributed by atoms with Crippen molar-refractivity contribution in [1.29, 1.82) is 0 Å². The van der Waals surface area contributed by atoms with Crippen LogP contribution in [0.25, 0.3) is 0 Å². The van der Waals surface area contributed by atoms with Crippen LogP contribution in [0.1, 0.15) is 42.8 Å². The monoisotopic (exact) mass is 280 g/mol. The highest BCUT2D eigenvalue weighted by Gasteiger charge is 2.15. The molecule has 0 spiro atoms.